The summed E-state index contributed by atoms with van der Waals surface area (Å²) < 4.78 is 0. The van der Waals surface area contributed by atoms with Crippen LogP contribution in [0, 0.1) is 0 Å². The topological polar surface area (TPSA) is 31.4 Å². The molecule has 1 atom stereocenters. The number of nitrogens with zero attached hydrogens (tertiary/aromatic N) is 3. The molecule has 3 rings (SSSR count). The zero-order valence-corrected chi connectivity index (χ0v) is 12.5. The van der Waals surface area contributed by atoms with Crippen molar-refractivity contribution in [1.82, 2.24) is 15.2 Å². The highest BCUT2D eigenvalue weighted by molar-refractivity contribution is 5.52. The standard InChI is InChI=1S/C16H26N4/c1-2-17-11-14-5-7-18-12-16(14)20-10-6-15(13-20)19-8-3-4-9-19/h5,7,12,15,17H,2-4,6,8-11,13H2,1H3. The van der Waals surface area contributed by atoms with Gasteiger partial charge in [-0.3, -0.25) is 9.88 Å². The minimum atomic E-state index is 0.754. The van der Waals surface area contributed by atoms with Crippen molar-refractivity contribution in [3.63, 3.8) is 0 Å². The summed E-state index contributed by atoms with van der Waals surface area (Å²) in [6.45, 7) is 9.06. The van der Waals surface area contributed by atoms with Crippen molar-refractivity contribution < 1.29 is 0 Å². The summed E-state index contributed by atoms with van der Waals surface area (Å²) in [6.07, 6.45) is 8.02. The molecule has 4 nitrogen and oxygen atoms in total. The number of nitrogens with one attached hydrogen (secondary N) is 1. The van der Waals surface area contributed by atoms with Gasteiger partial charge in [-0.1, -0.05) is 6.92 Å². The lowest BCUT2D eigenvalue weighted by atomic mass is 10.2. The second kappa shape index (κ2) is 6.55. The van der Waals surface area contributed by atoms with Crippen molar-refractivity contribution in [2.75, 3.05) is 37.6 Å². The molecule has 2 aliphatic rings. The molecule has 0 bridgehead atoms. The third kappa shape index (κ3) is 2.96. The van der Waals surface area contributed by atoms with Crippen molar-refractivity contribution in [3.05, 3.63) is 24.0 Å². The van der Waals surface area contributed by atoms with E-state index in [1.165, 1.54) is 56.7 Å². The minimum absolute atomic E-state index is 0.754. The van der Waals surface area contributed by atoms with Gasteiger partial charge in [-0.2, -0.15) is 0 Å². The van der Waals surface area contributed by atoms with Crippen LogP contribution in [0.25, 0.3) is 0 Å². The van der Waals surface area contributed by atoms with Crippen LogP contribution < -0.4 is 10.2 Å². The number of anilines is 1. The molecule has 0 saturated carbocycles. The molecule has 2 aliphatic heterocycles. The van der Waals surface area contributed by atoms with Gasteiger partial charge in [0.2, 0.25) is 0 Å². The Balaban J connectivity index is 1.67. The number of rotatable bonds is 5. The van der Waals surface area contributed by atoms with Gasteiger partial charge in [0.25, 0.3) is 0 Å². The van der Waals surface area contributed by atoms with Gasteiger partial charge in [-0.15, -0.1) is 0 Å². The Morgan fingerprint density at radius 2 is 2.15 bits per heavy atom. The Morgan fingerprint density at radius 3 is 2.95 bits per heavy atom. The lowest BCUT2D eigenvalue weighted by Gasteiger charge is -2.25. The van der Waals surface area contributed by atoms with E-state index in [4.69, 9.17) is 0 Å². The van der Waals surface area contributed by atoms with Gasteiger partial charge >= 0.3 is 0 Å². The van der Waals surface area contributed by atoms with Gasteiger partial charge in [0.05, 0.1) is 11.9 Å². The van der Waals surface area contributed by atoms with Crippen LogP contribution in [0.15, 0.2) is 18.5 Å². The van der Waals surface area contributed by atoms with Crippen LogP contribution in [0.2, 0.25) is 0 Å². The van der Waals surface area contributed by atoms with E-state index in [2.05, 4.69) is 33.1 Å². The van der Waals surface area contributed by atoms with Gasteiger partial charge in [0.1, 0.15) is 0 Å². The van der Waals surface area contributed by atoms with E-state index in [1.807, 2.05) is 12.4 Å². The monoisotopic (exact) mass is 274 g/mol. The average molecular weight is 274 g/mol. The molecule has 1 unspecified atom stereocenters. The molecule has 110 valence electrons. The zero-order chi connectivity index (χ0) is 13.8. The Labute approximate surface area is 122 Å². The summed E-state index contributed by atoms with van der Waals surface area (Å²) >= 11 is 0. The van der Waals surface area contributed by atoms with E-state index in [9.17, 15) is 0 Å². The van der Waals surface area contributed by atoms with E-state index in [-0.39, 0.29) is 0 Å². The molecule has 0 aliphatic carbocycles. The summed E-state index contributed by atoms with van der Waals surface area (Å²) in [4.78, 5) is 9.55. The second-order valence-electron chi connectivity index (χ2n) is 5.92. The fourth-order valence-electron chi connectivity index (χ4n) is 3.47. The minimum Gasteiger partial charge on any atom is -0.368 e. The Kier molecular flexibility index (Phi) is 4.53. The van der Waals surface area contributed by atoms with Crippen molar-refractivity contribution in [2.45, 2.75) is 38.8 Å². The lowest BCUT2D eigenvalue weighted by molar-refractivity contribution is 0.260. The van der Waals surface area contributed by atoms with Crippen LogP contribution in [-0.4, -0.2) is 48.6 Å². The molecule has 0 amide bonds. The molecule has 2 fully saturated rings. The molecule has 20 heavy (non-hydrogen) atoms. The predicted octanol–water partition coefficient (Wildman–Crippen LogP) is 1.87. The summed E-state index contributed by atoms with van der Waals surface area (Å²) in [5.74, 6) is 0. The molecule has 1 aromatic heterocycles. The SMILES string of the molecule is CCNCc1ccncc1N1CCC(N2CCCC2)C1. The van der Waals surface area contributed by atoms with Gasteiger partial charge in [-0.25, -0.2) is 0 Å². The first kappa shape index (κ1) is 13.8. The van der Waals surface area contributed by atoms with Gasteiger partial charge in [0, 0.05) is 31.9 Å². The number of pyridine rings is 1. The Hall–Kier alpha value is -1.13. The number of aromatic nitrogens is 1. The molecule has 1 aromatic rings. The molecule has 0 spiro atoms. The summed E-state index contributed by atoms with van der Waals surface area (Å²) in [5.41, 5.74) is 2.71. The third-order valence-corrected chi connectivity index (χ3v) is 4.61. The van der Waals surface area contributed by atoms with Crippen LogP contribution in [0.5, 0.6) is 0 Å². The first-order chi connectivity index (χ1) is 9.88. The average Bonchev–Trinajstić information content (AvgIpc) is 3.15. The highest BCUT2D eigenvalue weighted by Crippen LogP contribution is 2.27. The molecule has 4 heteroatoms. The number of hydrogen-bond donors (Lipinski definition) is 1. The Bertz CT molecular complexity index is 428. The largest absolute Gasteiger partial charge is 0.368 e. The smallest absolute Gasteiger partial charge is 0.0598 e. The number of hydrogen-bond acceptors (Lipinski definition) is 4. The molecule has 0 radical (unpaired) electrons. The van der Waals surface area contributed by atoms with Crippen LogP contribution in [0.4, 0.5) is 5.69 Å². The maximum Gasteiger partial charge on any atom is 0.0598 e. The van der Waals surface area contributed by atoms with Gasteiger partial charge < -0.3 is 10.2 Å². The van der Waals surface area contributed by atoms with E-state index in [0.717, 1.165) is 19.1 Å². The van der Waals surface area contributed by atoms with Crippen LogP contribution >= 0.6 is 0 Å². The first-order valence-corrected chi connectivity index (χ1v) is 8.01. The van der Waals surface area contributed by atoms with E-state index < -0.39 is 0 Å². The van der Waals surface area contributed by atoms with Crippen LogP contribution in [-0.2, 0) is 6.54 Å². The molecule has 0 aromatic carbocycles. The second-order valence-corrected chi connectivity index (χ2v) is 5.92. The maximum atomic E-state index is 4.34. The lowest BCUT2D eigenvalue weighted by Crippen LogP contribution is -2.35. The number of likely N-dealkylation sites (tertiary alicyclic amines) is 1. The molecule has 3 heterocycles. The third-order valence-electron chi connectivity index (χ3n) is 4.61. The van der Waals surface area contributed by atoms with Crippen molar-refractivity contribution in [2.24, 2.45) is 0 Å². The highest BCUT2D eigenvalue weighted by atomic mass is 15.3. The van der Waals surface area contributed by atoms with Crippen molar-refractivity contribution in [3.8, 4) is 0 Å². The molecular formula is C16H26N4. The fourth-order valence-corrected chi connectivity index (χ4v) is 3.47. The summed E-state index contributed by atoms with van der Waals surface area (Å²) in [5, 5.41) is 3.43. The van der Waals surface area contributed by atoms with E-state index >= 15 is 0 Å². The first-order valence-electron chi connectivity index (χ1n) is 8.01. The zero-order valence-electron chi connectivity index (χ0n) is 12.5. The van der Waals surface area contributed by atoms with Gasteiger partial charge in [0.15, 0.2) is 0 Å². The molecular weight excluding hydrogens is 248 g/mol. The molecule has 1 N–H and O–H groups in total. The predicted molar refractivity (Wildman–Crippen MR) is 83.0 cm³/mol. The van der Waals surface area contributed by atoms with Crippen molar-refractivity contribution in [1.29, 1.82) is 0 Å². The maximum absolute atomic E-state index is 4.34. The van der Waals surface area contributed by atoms with Crippen LogP contribution in [0.3, 0.4) is 0 Å². The van der Waals surface area contributed by atoms with Gasteiger partial charge in [-0.05, 0) is 50.5 Å². The quantitative estimate of drug-likeness (QED) is 0.888. The van der Waals surface area contributed by atoms with Crippen molar-refractivity contribution >= 4 is 5.69 Å². The Morgan fingerprint density at radius 1 is 1.30 bits per heavy atom. The highest BCUT2D eigenvalue weighted by Gasteiger charge is 2.30. The summed E-state index contributed by atoms with van der Waals surface area (Å²) in [7, 11) is 0. The summed E-state index contributed by atoms with van der Waals surface area (Å²) in [6, 6.07) is 2.91. The van der Waals surface area contributed by atoms with E-state index in [1.54, 1.807) is 0 Å². The van der Waals surface area contributed by atoms with Crippen LogP contribution in [0.1, 0.15) is 31.7 Å². The van der Waals surface area contributed by atoms with E-state index in [0.29, 0.717) is 0 Å². The molecule has 2 saturated heterocycles. The normalized spacial score (nSPS) is 23.6. The fraction of sp³-hybridized carbons (Fsp3) is 0.688.